The lowest BCUT2D eigenvalue weighted by atomic mass is 9.83. The molecule has 0 aromatic heterocycles. The molecule has 0 amide bonds. The van der Waals surface area contributed by atoms with Gasteiger partial charge < -0.3 is 4.89 Å². The van der Waals surface area contributed by atoms with Crippen molar-refractivity contribution in [2.75, 3.05) is 7.11 Å². The van der Waals surface area contributed by atoms with Crippen LogP contribution in [0, 0.1) is 5.41 Å². The first-order valence-corrected chi connectivity index (χ1v) is 5.80. The van der Waals surface area contributed by atoms with E-state index in [0.717, 1.165) is 5.56 Å². The summed E-state index contributed by atoms with van der Waals surface area (Å²) in [6.45, 7) is 6.31. The van der Waals surface area contributed by atoms with E-state index in [1.807, 2.05) is 24.3 Å². The van der Waals surface area contributed by atoms with Crippen molar-refractivity contribution in [2.24, 2.45) is 10.4 Å². The monoisotopic (exact) mass is 255 g/mol. The highest BCUT2D eigenvalue weighted by molar-refractivity contribution is 6.31. The van der Waals surface area contributed by atoms with E-state index in [0.29, 0.717) is 5.02 Å². The fourth-order valence-corrected chi connectivity index (χ4v) is 1.84. The third kappa shape index (κ3) is 4.02. The smallest absolute Gasteiger partial charge is 0.215 e. The van der Waals surface area contributed by atoms with Crippen molar-refractivity contribution in [1.82, 2.24) is 0 Å². The molecule has 0 saturated heterocycles. The third-order valence-corrected chi connectivity index (χ3v) is 2.71. The van der Waals surface area contributed by atoms with Crippen molar-refractivity contribution in [3.8, 4) is 0 Å². The Labute approximate surface area is 107 Å². The van der Waals surface area contributed by atoms with Gasteiger partial charge in [0.05, 0.1) is 13.2 Å². The van der Waals surface area contributed by atoms with Gasteiger partial charge in [-0.05, 0) is 17.0 Å². The molecule has 0 heterocycles. The van der Waals surface area contributed by atoms with Crippen molar-refractivity contribution >= 4 is 18.0 Å². The Morgan fingerprint density at radius 3 is 2.47 bits per heavy atom. The standard InChI is InChI=1S/C13H18ClNO2/c1-13(2,3)12(15-9-17-16-4)10-7-5-6-8-11(10)14/h5-9,12H,1-4H3/b15-9+/t12-/m1/s1. The molecule has 17 heavy (non-hydrogen) atoms. The van der Waals surface area contributed by atoms with Gasteiger partial charge in [0, 0.05) is 5.02 Å². The SMILES string of the molecule is COO/C=N/[C@H](c1ccccc1Cl)C(C)(C)C. The van der Waals surface area contributed by atoms with Crippen LogP contribution in [0.25, 0.3) is 0 Å². The first-order chi connectivity index (χ1) is 7.96. The Bertz CT molecular complexity index is 385. The minimum absolute atomic E-state index is 0.0569. The van der Waals surface area contributed by atoms with Crippen molar-refractivity contribution in [3.05, 3.63) is 34.9 Å². The summed E-state index contributed by atoms with van der Waals surface area (Å²) in [6, 6.07) is 7.62. The summed E-state index contributed by atoms with van der Waals surface area (Å²) in [5.74, 6) is 0. The summed E-state index contributed by atoms with van der Waals surface area (Å²) < 4.78 is 0. The highest BCUT2D eigenvalue weighted by atomic mass is 35.5. The van der Waals surface area contributed by atoms with Crippen LogP contribution in [-0.4, -0.2) is 13.5 Å². The molecule has 1 atom stereocenters. The predicted molar refractivity (Wildman–Crippen MR) is 70.2 cm³/mol. The second-order valence-electron chi connectivity index (χ2n) is 4.81. The summed E-state index contributed by atoms with van der Waals surface area (Å²) in [7, 11) is 1.44. The molecule has 1 rings (SSSR count). The number of halogens is 1. The molecular weight excluding hydrogens is 238 g/mol. The van der Waals surface area contributed by atoms with Crippen LogP contribution in [0.4, 0.5) is 0 Å². The summed E-state index contributed by atoms with van der Waals surface area (Å²) in [5.41, 5.74) is 0.927. The zero-order chi connectivity index (χ0) is 12.9. The molecule has 0 fully saturated rings. The third-order valence-electron chi connectivity index (χ3n) is 2.37. The van der Waals surface area contributed by atoms with Gasteiger partial charge in [0.2, 0.25) is 6.40 Å². The molecule has 0 aliphatic rings. The van der Waals surface area contributed by atoms with E-state index >= 15 is 0 Å². The van der Waals surface area contributed by atoms with Crippen LogP contribution in [0.3, 0.4) is 0 Å². The fraction of sp³-hybridized carbons (Fsp3) is 0.462. The molecule has 0 aliphatic heterocycles. The Kier molecular flexibility index (Phi) is 4.97. The molecule has 4 heteroatoms. The normalized spacial score (nSPS) is 13.9. The molecular formula is C13H18ClNO2. The van der Waals surface area contributed by atoms with E-state index in [9.17, 15) is 0 Å². The molecule has 94 valence electrons. The van der Waals surface area contributed by atoms with Crippen molar-refractivity contribution in [3.63, 3.8) is 0 Å². The lowest BCUT2D eigenvalue weighted by molar-refractivity contribution is -0.188. The minimum Gasteiger partial charge on any atom is -0.326 e. The first kappa shape index (κ1) is 14.0. The Balaban J connectivity index is 3.03. The number of aliphatic imine (C=N–C) groups is 1. The van der Waals surface area contributed by atoms with Gasteiger partial charge in [-0.3, -0.25) is 0 Å². The van der Waals surface area contributed by atoms with Crippen LogP contribution >= 0.6 is 11.6 Å². The van der Waals surface area contributed by atoms with E-state index in [4.69, 9.17) is 11.6 Å². The van der Waals surface area contributed by atoms with Gasteiger partial charge in [0.15, 0.2) is 0 Å². The number of nitrogens with zero attached hydrogens (tertiary/aromatic N) is 1. The van der Waals surface area contributed by atoms with Gasteiger partial charge in [-0.25, -0.2) is 4.99 Å². The van der Waals surface area contributed by atoms with Crippen molar-refractivity contribution < 1.29 is 9.78 Å². The van der Waals surface area contributed by atoms with E-state index in [2.05, 4.69) is 35.5 Å². The fourth-order valence-electron chi connectivity index (χ4n) is 1.60. The van der Waals surface area contributed by atoms with Crippen LogP contribution in [0.5, 0.6) is 0 Å². The maximum atomic E-state index is 6.19. The lowest BCUT2D eigenvalue weighted by Crippen LogP contribution is -2.17. The summed E-state index contributed by atoms with van der Waals surface area (Å²) >= 11 is 6.19. The van der Waals surface area contributed by atoms with Crippen molar-refractivity contribution in [1.29, 1.82) is 0 Å². The zero-order valence-corrected chi connectivity index (χ0v) is 11.4. The number of hydrogen-bond acceptors (Lipinski definition) is 3. The molecule has 0 N–H and O–H groups in total. The summed E-state index contributed by atoms with van der Waals surface area (Å²) in [4.78, 5) is 13.5. The molecule has 3 nitrogen and oxygen atoms in total. The van der Waals surface area contributed by atoms with Crippen molar-refractivity contribution in [2.45, 2.75) is 26.8 Å². The van der Waals surface area contributed by atoms with Crippen LogP contribution in [0.15, 0.2) is 29.3 Å². The Morgan fingerprint density at radius 1 is 1.29 bits per heavy atom. The summed E-state index contributed by atoms with van der Waals surface area (Å²) in [6.07, 6.45) is 1.30. The van der Waals surface area contributed by atoms with Crippen LogP contribution in [0.1, 0.15) is 32.4 Å². The Morgan fingerprint density at radius 2 is 1.94 bits per heavy atom. The molecule has 0 saturated carbocycles. The first-order valence-electron chi connectivity index (χ1n) is 5.42. The molecule has 0 spiro atoms. The van der Waals surface area contributed by atoms with Gasteiger partial charge >= 0.3 is 0 Å². The molecule has 1 aromatic rings. The van der Waals surface area contributed by atoms with Crippen LogP contribution in [-0.2, 0) is 9.78 Å². The quantitative estimate of drug-likeness (QED) is 0.352. The van der Waals surface area contributed by atoms with Gasteiger partial charge in [-0.1, -0.05) is 50.6 Å². The van der Waals surface area contributed by atoms with E-state index < -0.39 is 0 Å². The van der Waals surface area contributed by atoms with Crippen LogP contribution < -0.4 is 0 Å². The lowest BCUT2D eigenvalue weighted by Gasteiger charge is -2.27. The van der Waals surface area contributed by atoms with Crippen LogP contribution in [0.2, 0.25) is 5.02 Å². The predicted octanol–water partition coefficient (Wildman–Crippen LogP) is 4.03. The summed E-state index contributed by atoms with van der Waals surface area (Å²) in [5, 5.41) is 0.710. The molecule has 0 aliphatic carbocycles. The highest BCUT2D eigenvalue weighted by Crippen LogP contribution is 2.38. The van der Waals surface area contributed by atoms with Gasteiger partial charge in [0.25, 0.3) is 0 Å². The highest BCUT2D eigenvalue weighted by Gasteiger charge is 2.27. The van der Waals surface area contributed by atoms with E-state index in [1.54, 1.807) is 0 Å². The zero-order valence-electron chi connectivity index (χ0n) is 10.6. The molecule has 0 unspecified atom stereocenters. The number of rotatable bonds is 4. The topological polar surface area (TPSA) is 30.8 Å². The number of benzene rings is 1. The molecule has 1 aromatic carbocycles. The minimum atomic E-state index is -0.0775. The maximum Gasteiger partial charge on any atom is 0.215 e. The van der Waals surface area contributed by atoms with Gasteiger partial charge in [0.1, 0.15) is 0 Å². The Hall–Kier alpha value is -1.06. The maximum absolute atomic E-state index is 6.19. The average Bonchev–Trinajstić information content (AvgIpc) is 2.24. The van der Waals surface area contributed by atoms with E-state index in [-0.39, 0.29) is 11.5 Å². The molecule has 0 bridgehead atoms. The van der Waals surface area contributed by atoms with E-state index in [1.165, 1.54) is 13.5 Å². The second kappa shape index (κ2) is 6.03. The van der Waals surface area contributed by atoms with Gasteiger partial charge in [-0.2, -0.15) is 4.89 Å². The second-order valence-corrected chi connectivity index (χ2v) is 5.21. The average molecular weight is 256 g/mol. The largest absolute Gasteiger partial charge is 0.326 e. The number of hydrogen-bond donors (Lipinski definition) is 0. The van der Waals surface area contributed by atoms with Gasteiger partial charge in [-0.15, -0.1) is 0 Å². The molecule has 0 radical (unpaired) electrons.